The fourth-order valence-corrected chi connectivity index (χ4v) is 2.14. The second-order valence-electron chi connectivity index (χ2n) is 5.47. The van der Waals surface area contributed by atoms with Gasteiger partial charge >= 0.3 is 0 Å². The van der Waals surface area contributed by atoms with Gasteiger partial charge in [0.05, 0.1) is 24.6 Å². The summed E-state index contributed by atoms with van der Waals surface area (Å²) in [5, 5.41) is 23.8. The van der Waals surface area contributed by atoms with Crippen molar-refractivity contribution < 1.29 is 19.9 Å². The van der Waals surface area contributed by atoms with Gasteiger partial charge < -0.3 is 19.9 Å². The molecule has 6 nitrogen and oxygen atoms in total. The summed E-state index contributed by atoms with van der Waals surface area (Å²) in [6.07, 6.45) is 0.748. The van der Waals surface area contributed by atoms with E-state index in [9.17, 15) is 0 Å². The predicted molar refractivity (Wildman–Crippen MR) is 96.5 cm³/mol. The normalized spacial score (nSPS) is 12.1. The van der Waals surface area contributed by atoms with Crippen LogP contribution in [-0.4, -0.2) is 35.1 Å². The van der Waals surface area contributed by atoms with Gasteiger partial charge in [-0.2, -0.15) is 0 Å². The summed E-state index contributed by atoms with van der Waals surface area (Å²) in [6, 6.07) is 14.8. The van der Waals surface area contributed by atoms with Crippen molar-refractivity contribution >= 4 is 11.4 Å². The molecule has 0 aromatic heterocycles. The van der Waals surface area contributed by atoms with Gasteiger partial charge in [0, 0.05) is 6.42 Å². The zero-order valence-corrected chi connectivity index (χ0v) is 14.3. The van der Waals surface area contributed by atoms with Gasteiger partial charge in [-0.1, -0.05) is 10.3 Å². The first-order valence-corrected chi connectivity index (χ1v) is 7.98. The minimum absolute atomic E-state index is 0.542. The van der Waals surface area contributed by atoms with E-state index in [1.54, 1.807) is 13.8 Å². The largest absolute Gasteiger partial charge is 0.493 e. The quantitative estimate of drug-likeness (QED) is 0.329. The summed E-state index contributed by atoms with van der Waals surface area (Å²) >= 11 is 0. The topological polar surface area (TPSA) is 83.6 Å². The molecular formula is C19H22N2O4. The Morgan fingerprint density at radius 2 is 1.08 bits per heavy atom. The Hall–Kier alpha value is -3.02. The molecule has 2 aromatic carbocycles. The lowest BCUT2D eigenvalue weighted by molar-refractivity contribution is 0.247. The zero-order chi connectivity index (χ0) is 18.1. The number of nitrogens with zero attached hydrogens (tertiary/aromatic N) is 2. The maximum absolute atomic E-state index is 8.73. The van der Waals surface area contributed by atoms with Crippen LogP contribution in [0, 0.1) is 0 Å². The molecule has 0 saturated heterocycles. The predicted octanol–water partition coefficient (Wildman–Crippen LogP) is 3.93. The first-order valence-electron chi connectivity index (χ1n) is 7.98. The van der Waals surface area contributed by atoms with Gasteiger partial charge in [0.25, 0.3) is 0 Å². The van der Waals surface area contributed by atoms with Crippen molar-refractivity contribution in [2.75, 3.05) is 13.2 Å². The number of ether oxygens (including phenoxy) is 2. The zero-order valence-electron chi connectivity index (χ0n) is 14.3. The van der Waals surface area contributed by atoms with Crippen LogP contribution < -0.4 is 9.47 Å². The number of hydrogen-bond donors (Lipinski definition) is 2. The Morgan fingerprint density at radius 3 is 1.40 bits per heavy atom. The molecule has 0 aliphatic heterocycles. The van der Waals surface area contributed by atoms with Crippen molar-refractivity contribution in [2.45, 2.75) is 20.3 Å². The van der Waals surface area contributed by atoms with E-state index in [2.05, 4.69) is 10.3 Å². The highest BCUT2D eigenvalue weighted by atomic mass is 16.5. The smallest absolute Gasteiger partial charge is 0.119 e. The van der Waals surface area contributed by atoms with Crippen LogP contribution >= 0.6 is 0 Å². The van der Waals surface area contributed by atoms with Crippen LogP contribution in [0.15, 0.2) is 58.8 Å². The Balaban J connectivity index is 1.71. The van der Waals surface area contributed by atoms with E-state index in [-0.39, 0.29) is 0 Å². The van der Waals surface area contributed by atoms with Crippen molar-refractivity contribution in [2.24, 2.45) is 10.3 Å². The van der Waals surface area contributed by atoms with E-state index >= 15 is 0 Å². The summed E-state index contributed by atoms with van der Waals surface area (Å²) < 4.78 is 11.3. The van der Waals surface area contributed by atoms with Crippen LogP contribution in [0.5, 0.6) is 11.5 Å². The summed E-state index contributed by atoms with van der Waals surface area (Å²) in [4.78, 5) is 0. The van der Waals surface area contributed by atoms with Gasteiger partial charge in [-0.05, 0) is 73.5 Å². The highest BCUT2D eigenvalue weighted by Crippen LogP contribution is 2.15. The molecule has 2 aromatic rings. The maximum atomic E-state index is 8.73. The minimum atomic E-state index is 0.542. The summed E-state index contributed by atoms with van der Waals surface area (Å²) in [5.74, 6) is 1.52. The molecule has 0 aliphatic carbocycles. The molecule has 0 aliphatic rings. The first kappa shape index (κ1) is 18.3. The molecular weight excluding hydrogens is 320 g/mol. The molecule has 0 unspecified atom stereocenters. The van der Waals surface area contributed by atoms with Gasteiger partial charge in [0.1, 0.15) is 11.5 Å². The molecule has 6 heteroatoms. The number of hydrogen-bond acceptors (Lipinski definition) is 6. The Labute approximate surface area is 147 Å². The summed E-state index contributed by atoms with van der Waals surface area (Å²) in [5.41, 5.74) is 2.82. The molecule has 0 amide bonds. The van der Waals surface area contributed by atoms with Crippen molar-refractivity contribution in [1.29, 1.82) is 0 Å². The third-order valence-corrected chi connectivity index (χ3v) is 3.67. The van der Waals surface area contributed by atoms with Crippen LogP contribution in [0.3, 0.4) is 0 Å². The molecule has 2 rings (SSSR count). The van der Waals surface area contributed by atoms with Crippen molar-refractivity contribution in [3.8, 4) is 11.5 Å². The lowest BCUT2D eigenvalue weighted by atomic mass is 10.1. The van der Waals surface area contributed by atoms with E-state index < -0.39 is 0 Å². The molecule has 25 heavy (non-hydrogen) atoms. The highest BCUT2D eigenvalue weighted by molar-refractivity contribution is 5.98. The maximum Gasteiger partial charge on any atom is 0.119 e. The fourth-order valence-electron chi connectivity index (χ4n) is 2.14. The van der Waals surface area contributed by atoms with Gasteiger partial charge in [-0.3, -0.25) is 0 Å². The molecule has 0 spiro atoms. The average Bonchev–Trinajstić information content (AvgIpc) is 2.67. The molecule has 0 radical (unpaired) electrons. The monoisotopic (exact) mass is 342 g/mol. The van der Waals surface area contributed by atoms with Crippen molar-refractivity contribution in [3.05, 3.63) is 59.7 Å². The molecule has 0 bridgehead atoms. The van der Waals surface area contributed by atoms with E-state index in [4.69, 9.17) is 19.9 Å². The van der Waals surface area contributed by atoms with E-state index in [1.807, 2.05) is 48.5 Å². The van der Waals surface area contributed by atoms with Gasteiger partial charge in [0.15, 0.2) is 0 Å². The van der Waals surface area contributed by atoms with Gasteiger partial charge in [-0.15, -0.1) is 0 Å². The highest BCUT2D eigenvalue weighted by Gasteiger charge is 2.01. The van der Waals surface area contributed by atoms with Crippen LogP contribution in [0.4, 0.5) is 0 Å². The standard InChI is InChI=1S/C19H22N2O4/c1-14(20-22)16-4-8-18(9-5-16)24-12-3-13-25-19-10-6-17(7-11-19)15(2)21-23/h4-11,22-23H,3,12-13H2,1-2H3/b20-14+,21-15+. The van der Waals surface area contributed by atoms with Crippen LogP contribution in [0.2, 0.25) is 0 Å². The molecule has 2 N–H and O–H groups in total. The molecule has 0 fully saturated rings. The fraction of sp³-hybridized carbons (Fsp3) is 0.263. The third-order valence-electron chi connectivity index (χ3n) is 3.67. The van der Waals surface area contributed by atoms with E-state index in [1.165, 1.54) is 0 Å². The second kappa shape index (κ2) is 9.32. The second-order valence-corrected chi connectivity index (χ2v) is 5.47. The van der Waals surface area contributed by atoms with E-state index in [0.29, 0.717) is 24.6 Å². The van der Waals surface area contributed by atoms with Crippen molar-refractivity contribution in [1.82, 2.24) is 0 Å². The number of oxime groups is 2. The lowest BCUT2D eigenvalue weighted by Gasteiger charge is -2.09. The van der Waals surface area contributed by atoms with E-state index in [0.717, 1.165) is 29.0 Å². The Morgan fingerprint density at radius 1 is 0.720 bits per heavy atom. The number of benzene rings is 2. The molecule has 132 valence electrons. The average molecular weight is 342 g/mol. The van der Waals surface area contributed by atoms with Crippen molar-refractivity contribution in [3.63, 3.8) is 0 Å². The molecule has 0 heterocycles. The van der Waals surface area contributed by atoms with Gasteiger partial charge in [0.2, 0.25) is 0 Å². The first-order chi connectivity index (χ1) is 12.1. The SMILES string of the molecule is C/C(=N\O)c1ccc(OCCCOc2ccc(/C(C)=N/O)cc2)cc1. The third kappa shape index (κ3) is 5.53. The minimum Gasteiger partial charge on any atom is -0.493 e. The Kier molecular flexibility index (Phi) is 6.83. The van der Waals surface area contributed by atoms with Crippen LogP contribution in [0.1, 0.15) is 31.4 Å². The lowest BCUT2D eigenvalue weighted by Crippen LogP contribution is -2.05. The Bertz CT molecular complexity index is 659. The van der Waals surface area contributed by atoms with Crippen LogP contribution in [-0.2, 0) is 0 Å². The molecule has 0 atom stereocenters. The van der Waals surface area contributed by atoms with Gasteiger partial charge in [-0.25, -0.2) is 0 Å². The van der Waals surface area contributed by atoms with Crippen LogP contribution in [0.25, 0.3) is 0 Å². The number of rotatable bonds is 8. The summed E-state index contributed by atoms with van der Waals surface area (Å²) in [7, 11) is 0. The summed E-state index contributed by atoms with van der Waals surface area (Å²) in [6.45, 7) is 4.55. The molecule has 0 saturated carbocycles.